The van der Waals surface area contributed by atoms with Crippen LogP contribution >= 0.6 is 0 Å². The van der Waals surface area contributed by atoms with Crippen LogP contribution < -0.4 is 10.6 Å². The smallest absolute Gasteiger partial charge is 0.271 e. The number of hydrogen-bond donors (Lipinski definition) is 2. The summed E-state index contributed by atoms with van der Waals surface area (Å²) in [4.78, 5) is 21.3. The summed E-state index contributed by atoms with van der Waals surface area (Å²) in [5, 5.41) is 10.7. The Morgan fingerprint density at radius 1 is 1.18 bits per heavy atom. The molecule has 0 fully saturated rings. The van der Waals surface area contributed by atoms with Crippen LogP contribution in [0.3, 0.4) is 0 Å². The van der Waals surface area contributed by atoms with Crippen molar-refractivity contribution in [1.82, 2.24) is 25.1 Å². The third kappa shape index (κ3) is 3.42. The lowest BCUT2D eigenvalue weighted by atomic mass is 9.90. The molecule has 3 aromatic heterocycles. The van der Waals surface area contributed by atoms with Crippen LogP contribution in [0.2, 0.25) is 0 Å². The van der Waals surface area contributed by atoms with E-state index in [1.807, 2.05) is 56.5 Å². The Morgan fingerprint density at radius 2 is 2.00 bits per heavy atom. The minimum absolute atomic E-state index is 0.241. The van der Waals surface area contributed by atoms with E-state index in [0.29, 0.717) is 22.8 Å². The van der Waals surface area contributed by atoms with Crippen LogP contribution in [0.1, 0.15) is 12.5 Å². The summed E-state index contributed by atoms with van der Waals surface area (Å²) in [5.74, 6) is -0.241. The van der Waals surface area contributed by atoms with Gasteiger partial charge in [0.05, 0.1) is 16.9 Å². The van der Waals surface area contributed by atoms with Crippen LogP contribution in [0.15, 0.2) is 79.0 Å². The number of carbonyl (C=O) groups excluding carboxylic acids is 1. The van der Waals surface area contributed by atoms with Crippen LogP contribution in [0.25, 0.3) is 11.4 Å². The quantitative estimate of drug-likeness (QED) is 0.736. The molecule has 4 rings (SSSR count). The molecule has 140 valence electrons. The Labute approximate surface area is 162 Å². The van der Waals surface area contributed by atoms with Crippen molar-refractivity contribution < 1.29 is 4.79 Å². The number of carbonyl (C=O) groups is 1. The third-order valence-corrected chi connectivity index (χ3v) is 4.60. The summed E-state index contributed by atoms with van der Waals surface area (Å²) in [7, 11) is 1.81. The zero-order valence-corrected chi connectivity index (χ0v) is 15.6. The van der Waals surface area contributed by atoms with E-state index < -0.39 is 5.54 Å². The molecule has 0 saturated heterocycles. The van der Waals surface area contributed by atoms with E-state index >= 15 is 0 Å². The molecule has 7 heteroatoms. The number of amides is 1. The van der Waals surface area contributed by atoms with Crippen molar-refractivity contribution >= 4 is 11.6 Å². The molecule has 1 amide bonds. The average Bonchev–Trinajstić information content (AvgIpc) is 3.09. The largest absolute Gasteiger partial charge is 0.368 e. The molecule has 0 bridgehead atoms. The zero-order chi connectivity index (χ0) is 19.6. The van der Waals surface area contributed by atoms with Gasteiger partial charge in [-0.2, -0.15) is 5.10 Å². The first-order valence-corrected chi connectivity index (χ1v) is 8.90. The van der Waals surface area contributed by atoms with Gasteiger partial charge in [-0.1, -0.05) is 18.2 Å². The van der Waals surface area contributed by atoms with Crippen molar-refractivity contribution in [2.45, 2.75) is 12.5 Å². The highest BCUT2D eigenvalue weighted by molar-refractivity contribution is 6.05. The van der Waals surface area contributed by atoms with Gasteiger partial charge < -0.3 is 10.6 Å². The first-order chi connectivity index (χ1) is 13.5. The van der Waals surface area contributed by atoms with E-state index in [4.69, 9.17) is 0 Å². The minimum Gasteiger partial charge on any atom is -0.368 e. The van der Waals surface area contributed by atoms with Crippen molar-refractivity contribution in [1.29, 1.82) is 0 Å². The van der Waals surface area contributed by atoms with Crippen molar-refractivity contribution in [3.8, 4) is 11.4 Å². The average molecular weight is 372 g/mol. The van der Waals surface area contributed by atoms with Crippen molar-refractivity contribution in [3.63, 3.8) is 0 Å². The Kier molecular flexibility index (Phi) is 4.49. The molecule has 1 aliphatic rings. The predicted molar refractivity (Wildman–Crippen MR) is 107 cm³/mol. The Bertz CT molecular complexity index is 1060. The van der Waals surface area contributed by atoms with Crippen molar-refractivity contribution in [2.75, 3.05) is 5.32 Å². The lowest BCUT2D eigenvalue weighted by molar-refractivity contribution is -0.113. The van der Waals surface area contributed by atoms with Crippen LogP contribution in [-0.2, 0) is 17.4 Å². The first-order valence-electron chi connectivity index (χ1n) is 8.90. The van der Waals surface area contributed by atoms with Gasteiger partial charge in [-0.05, 0) is 42.8 Å². The lowest BCUT2D eigenvalue weighted by Crippen LogP contribution is -2.42. The fourth-order valence-electron chi connectivity index (χ4n) is 3.16. The number of aryl methyl sites for hydroxylation is 1. The monoisotopic (exact) mass is 372 g/mol. The topological polar surface area (TPSA) is 84.7 Å². The van der Waals surface area contributed by atoms with Gasteiger partial charge in [0.25, 0.3) is 5.91 Å². The Hall–Kier alpha value is -3.74. The number of anilines is 1. The van der Waals surface area contributed by atoms with E-state index in [-0.39, 0.29) is 5.91 Å². The van der Waals surface area contributed by atoms with E-state index in [9.17, 15) is 4.79 Å². The number of hydrogen-bond acceptors (Lipinski definition) is 5. The standard InChI is InChI=1S/C21H20N6O/c1-21(15-8-12-22-13-9-15)10-5-7-17(25-21)20(28)24-18-14-27(2)26-19(18)16-6-3-4-11-23-16/h3-14,25H,1-2H3,(H,24,28). The second kappa shape index (κ2) is 7.11. The normalized spacial score (nSPS) is 18.3. The van der Waals surface area contributed by atoms with Crippen LogP contribution in [0.4, 0.5) is 5.69 Å². The number of nitrogens with zero attached hydrogens (tertiary/aromatic N) is 4. The van der Waals surface area contributed by atoms with Crippen LogP contribution in [0.5, 0.6) is 0 Å². The fourth-order valence-corrected chi connectivity index (χ4v) is 3.16. The highest BCUT2D eigenvalue weighted by Gasteiger charge is 2.28. The molecule has 0 aromatic carbocycles. The van der Waals surface area contributed by atoms with E-state index in [1.165, 1.54) is 0 Å². The zero-order valence-electron chi connectivity index (χ0n) is 15.6. The van der Waals surface area contributed by atoms with Gasteiger partial charge in [0.15, 0.2) is 0 Å². The number of nitrogens with one attached hydrogen (secondary N) is 2. The van der Waals surface area contributed by atoms with Crippen molar-refractivity contribution in [3.05, 3.63) is 84.6 Å². The number of aromatic nitrogens is 4. The van der Waals surface area contributed by atoms with Crippen molar-refractivity contribution in [2.24, 2.45) is 7.05 Å². The molecule has 1 atom stereocenters. The maximum Gasteiger partial charge on any atom is 0.271 e. The van der Waals surface area contributed by atoms with Crippen LogP contribution in [-0.4, -0.2) is 25.7 Å². The number of dihydropyridines is 1. The molecule has 1 aliphatic heterocycles. The molecule has 0 radical (unpaired) electrons. The molecule has 1 unspecified atom stereocenters. The van der Waals surface area contributed by atoms with Gasteiger partial charge in [-0.15, -0.1) is 0 Å². The summed E-state index contributed by atoms with van der Waals surface area (Å²) in [6.07, 6.45) is 12.6. The van der Waals surface area contributed by atoms with Gasteiger partial charge in [0.2, 0.25) is 0 Å². The number of rotatable bonds is 4. The molecule has 0 spiro atoms. The maximum atomic E-state index is 12.9. The third-order valence-electron chi connectivity index (χ3n) is 4.60. The molecular formula is C21H20N6O. The summed E-state index contributed by atoms with van der Waals surface area (Å²) >= 11 is 0. The minimum atomic E-state index is -0.497. The van der Waals surface area contributed by atoms with Crippen LogP contribution in [0, 0.1) is 0 Å². The highest BCUT2D eigenvalue weighted by Crippen LogP contribution is 2.28. The van der Waals surface area contributed by atoms with E-state index in [2.05, 4.69) is 25.7 Å². The van der Waals surface area contributed by atoms with E-state index in [1.54, 1.807) is 35.5 Å². The van der Waals surface area contributed by atoms with Gasteiger partial charge >= 0.3 is 0 Å². The second-order valence-electron chi connectivity index (χ2n) is 6.74. The molecule has 28 heavy (non-hydrogen) atoms. The Morgan fingerprint density at radius 3 is 2.75 bits per heavy atom. The van der Waals surface area contributed by atoms with Gasteiger partial charge in [0, 0.05) is 31.8 Å². The van der Waals surface area contributed by atoms with Gasteiger partial charge in [-0.25, -0.2) is 0 Å². The predicted octanol–water partition coefficient (Wildman–Crippen LogP) is 2.77. The molecule has 0 aliphatic carbocycles. The number of pyridine rings is 2. The molecule has 3 aromatic rings. The second-order valence-corrected chi connectivity index (χ2v) is 6.74. The Balaban J connectivity index is 1.57. The lowest BCUT2D eigenvalue weighted by Gasteiger charge is -2.32. The fraction of sp³-hybridized carbons (Fsp3) is 0.143. The SMILES string of the molecule is Cn1cc(NC(=O)C2=CC=CC(C)(c3ccncc3)N2)c(-c2ccccn2)n1. The van der Waals surface area contributed by atoms with E-state index in [0.717, 1.165) is 5.56 Å². The molecule has 0 saturated carbocycles. The summed E-state index contributed by atoms with van der Waals surface area (Å²) < 4.78 is 1.66. The summed E-state index contributed by atoms with van der Waals surface area (Å²) in [6.45, 7) is 2.02. The maximum absolute atomic E-state index is 12.9. The van der Waals surface area contributed by atoms with Gasteiger partial charge in [0.1, 0.15) is 11.4 Å². The first kappa shape index (κ1) is 17.7. The highest BCUT2D eigenvalue weighted by atomic mass is 16.2. The summed E-state index contributed by atoms with van der Waals surface area (Å²) in [5.41, 5.74) is 2.92. The molecular weight excluding hydrogens is 352 g/mol. The summed E-state index contributed by atoms with van der Waals surface area (Å²) in [6, 6.07) is 9.45. The molecule has 7 nitrogen and oxygen atoms in total. The number of allylic oxidation sites excluding steroid dienone is 2. The molecule has 2 N–H and O–H groups in total. The van der Waals surface area contributed by atoms with Gasteiger partial charge in [-0.3, -0.25) is 19.4 Å². The molecule has 4 heterocycles.